The molecule has 8 nitrogen and oxygen atoms in total. The smallest absolute Gasteiger partial charge is 0.240 e. The summed E-state index contributed by atoms with van der Waals surface area (Å²) >= 11 is 1.49. The quantitative estimate of drug-likeness (QED) is 0.796. The van der Waals surface area contributed by atoms with Crippen LogP contribution in [-0.2, 0) is 19.1 Å². The fourth-order valence-electron chi connectivity index (χ4n) is 4.40. The zero-order valence-corrected chi connectivity index (χ0v) is 18.1. The Morgan fingerprint density at radius 3 is 2.59 bits per heavy atom. The Morgan fingerprint density at radius 1 is 1.21 bits per heavy atom. The Balaban J connectivity index is 1.26. The number of rotatable bonds is 4. The Kier molecular flexibility index (Phi) is 6.19. The van der Waals surface area contributed by atoms with Crippen LogP contribution in [0.2, 0.25) is 0 Å². The molecule has 1 aromatic heterocycles. The third-order valence-electron chi connectivity index (χ3n) is 6.15. The van der Waals surface area contributed by atoms with E-state index in [9.17, 15) is 9.59 Å². The van der Waals surface area contributed by atoms with Crippen LogP contribution >= 0.6 is 11.3 Å². The van der Waals surface area contributed by atoms with E-state index in [1.54, 1.807) is 0 Å². The Hall–Kier alpha value is -1.55. The lowest BCUT2D eigenvalue weighted by molar-refractivity contribution is -0.188. The van der Waals surface area contributed by atoms with Gasteiger partial charge in [-0.15, -0.1) is 11.3 Å². The second-order valence-corrected chi connectivity index (χ2v) is 9.42. The number of nitrogens with one attached hydrogen (secondary N) is 1. The first-order valence-electron chi connectivity index (χ1n) is 10.5. The monoisotopic (exact) mass is 422 g/mol. The van der Waals surface area contributed by atoms with Crippen molar-refractivity contribution in [3.05, 3.63) is 10.6 Å². The third kappa shape index (κ3) is 4.79. The molecule has 3 saturated heterocycles. The van der Waals surface area contributed by atoms with Crippen LogP contribution in [0, 0.1) is 19.8 Å². The molecule has 1 unspecified atom stereocenters. The van der Waals surface area contributed by atoms with Crippen LogP contribution in [0.3, 0.4) is 0 Å². The number of anilines is 1. The highest BCUT2D eigenvalue weighted by Gasteiger charge is 2.42. The molecule has 3 fully saturated rings. The summed E-state index contributed by atoms with van der Waals surface area (Å²) in [5, 5.41) is 3.54. The lowest BCUT2D eigenvalue weighted by Crippen LogP contribution is -2.51. The summed E-state index contributed by atoms with van der Waals surface area (Å²) in [6.45, 7) is 8.37. The summed E-state index contributed by atoms with van der Waals surface area (Å²) in [4.78, 5) is 35.0. The van der Waals surface area contributed by atoms with Crippen molar-refractivity contribution < 1.29 is 19.1 Å². The van der Waals surface area contributed by atoms with Gasteiger partial charge in [0.05, 0.1) is 31.4 Å². The van der Waals surface area contributed by atoms with E-state index in [2.05, 4.69) is 15.2 Å². The molecule has 1 aromatic rings. The number of hydrogen-bond donors (Lipinski definition) is 1. The van der Waals surface area contributed by atoms with Gasteiger partial charge in [0, 0.05) is 37.4 Å². The maximum atomic E-state index is 13.0. The van der Waals surface area contributed by atoms with E-state index < -0.39 is 5.79 Å². The van der Waals surface area contributed by atoms with E-state index in [1.807, 2.05) is 18.7 Å². The van der Waals surface area contributed by atoms with E-state index >= 15 is 0 Å². The number of aromatic nitrogens is 1. The maximum absolute atomic E-state index is 13.0. The van der Waals surface area contributed by atoms with Crippen molar-refractivity contribution in [2.75, 3.05) is 51.3 Å². The molecule has 4 heterocycles. The van der Waals surface area contributed by atoms with Crippen LogP contribution in [0.5, 0.6) is 0 Å². The number of carbonyl (C=O) groups excluding carboxylic acids is 2. The van der Waals surface area contributed by atoms with Crippen LogP contribution in [0.1, 0.15) is 36.3 Å². The standard InChI is InChI=1S/C20H30N4O4S/c1-14-15(2)29-19(21-14)22-17(25)13-23-7-3-4-16(12-23)18(26)24-8-5-20(6-9-24)27-10-11-28-20/h16H,3-13H2,1-2H3,(H,21,22,25). The second-order valence-electron chi connectivity index (χ2n) is 8.22. The van der Waals surface area contributed by atoms with E-state index in [0.29, 0.717) is 44.5 Å². The van der Waals surface area contributed by atoms with E-state index in [4.69, 9.17) is 9.47 Å². The van der Waals surface area contributed by atoms with E-state index in [0.717, 1.165) is 42.8 Å². The molecular weight excluding hydrogens is 392 g/mol. The number of likely N-dealkylation sites (tertiary alicyclic amines) is 2. The Bertz CT molecular complexity index is 732. The first kappa shape index (κ1) is 20.7. The molecule has 160 valence electrons. The lowest BCUT2D eigenvalue weighted by Gasteiger charge is -2.40. The average Bonchev–Trinajstić information content (AvgIpc) is 3.28. The third-order valence-corrected chi connectivity index (χ3v) is 7.14. The number of piperidine rings is 2. The van der Waals surface area contributed by atoms with E-state index in [1.165, 1.54) is 11.3 Å². The molecule has 4 rings (SSSR count). The van der Waals surface area contributed by atoms with Crippen molar-refractivity contribution in [1.82, 2.24) is 14.8 Å². The van der Waals surface area contributed by atoms with Gasteiger partial charge < -0.3 is 19.7 Å². The molecule has 0 saturated carbocycles. The second kappa shape index (κ2) is 8.67. The highest BCUT2D eigenvalue weighted by atomic mass is 32.1. The number of thiazole rings is 1. The van der Waals surface area contributed by atoms with E-state index in [-0.39, 0.29) is 17.7 Å². The normalized spacial score (nSPS) is 24.8. The molecule has 0 bridgehead atoms. The summed E-state index contributed by atoms with van der Waals surface area (Å²) in [5.74, 6) is -0.364. The summed E-state index contributed by atoms with van der Waals surface area (Å²) in [5.41, 5.74) is 0.950. The minimum Gasteiger partial charge on any atom is -0.347 e. The van der Waals surface area contributed by atoms with Crippen molar-refractivity contribution in [3.8, 4) is 0 Å². The predicted octanol–water partition coefficient (Wildman–Crippen LogP) is 1.78. The van der Waals surface area contributed by atoms with Crippen molar-refractivity contribution in [3.63, 3.8) is 0 Å². The molecule has 0 radical (unpaired) electrons. The number of nitrogens with zero attached hydrogens (tertiary/aromatic N) is 3. The van der Waals surface area contributed by atoms with Gasteiger partial charge in [-0.2, -0.15) is 0 Å². The van der Waals surface area contributed by atoms with Gasteiger partial charge in [-0.1, -0.05) is 0 Å². The molecule has 3 aliphatic rings. The zero-order chi connectivity index (χ0) is 20.4. The minimum absolute atomic E-state index is 0.0413. The molecule has 1 N–H and O–H groups in total. The largest absolute Gasteiger partial charge is 0.347 e. The fourth-order valence-corrected chi connectivity index (χ4v) is 5.23. The fraction of sp³-hybridized carbons (Fsp3) is 0.750. The van der Waals surface area contributed by atoms with Crippen LogP contribution in [0.25, 0.3) is 0 Å². The number of hydrogen-bond acceptors (Lipinski definition) is 7. The average molecular weight is 423 g/mol. The highest BCUT2D eigenvalue weighted by molar-refractivity contribution is 7.15. The van der Waals surface area contributed by atoms with Gasteiger partial charge >= 0.3 is 0 Å². The van der Waals surface area contributed by atoms with Crippen molar-refractivity contribution in [2.24, 2.45) is 5.92 Å². The minimum atomic E-state index is -0.458. The molecule has 29 heavy (non-hydrogen) atoms. The molecule has 3 aliphatic heterocycles. The summed E-state index contributed by atoms with van der Waals surface area (Å²) in [6, 6.07) is 0. The number of ether oxygens (including phenoxy) is 2. The number of aryl methyl sites for hydroxylation is 2. The van der Waals surface area contributed by atoms with Gasteiger partial charge in [-0.05, 0) is 33.2 Å². The van der Waals surface area contributed by atoms with Gasteiger partial charge in [0.2, 0.25) is 11.8 Å². The van der Waals surface area contributed by atoms with Gasteiger partial charge in [-0.25, -0.2) is 4.98 Å². The van der Waals surface area contributed by atoms with Crippen LogP contribution < -0.4 is 5.32 Å². The molecule has 9 heteroatoms. The number of amides is 2. The summed E-state index contributed by atoms with van der Waals surface area (Å²) in [7, 11) is 0. The molecule has 0 aliphatic carbocycles. The molecule has 0 aromatic carbocycles. The molecular formula is C20H30N4O4S. The zero-order valence-electron chi connectivity index (χ0n) is 17.2. The summed E-state index contributed by atoms with van der Waals surface area (Å²) < 4.78 is 11.5. The topological polar surface area (TPSA) is 84.0 Å². The predicted molar refractivity (Wildman–Crippen MR) is 110 cm³/mol. The molecule has 1 atom stereocenters. The Morgan fingerprint density at radius 2 is 1.93 bits per heavy atom. The van der Waals surface area contributed by atoms with Crippen molar-refractivity contribution in [1.29, 1.82) is 0 Å². The first-order chi connectivity index (χ1) is 13.9. The van der Waals surface area contributed by atoms with Gasteiger partial charge in [0.1, 0.15) is 0 Å². The van der Waals surface area contributed by atoms with Crippen LogP contribution in [-0.4, -0.2) is 78.3 Å². The number of carbonyl (C=O) groups is 2. The highest BCUT2D eigenvalue weighted by Crippen LogP contribution is 2.32. The van der Waals surface area contributed by atoms with Gasteiger partial charge in [0.15, 0.2) is 10.9 Å². The first-order valence-corrected chi connectivity index (χ1v) is 11.3. The molecule has 2 amide bonds. The van der Waals surface area contributed by atoms with Crippen LogP contribution in [0.4, 0.5) is 5.13 Å². The van der Waals surface area contributed by atoms with Crippen LogP contribution in [0.15, 0.2) is 0 Å². The van der Waals surface area contributed by atoms with Gasteiger partial charge in [-0.3, -0.25) is 14.5 Å². The Labute approximate surface area is 175 Å². The SMILES string of the molecule is Cc1nc(NC(=O)CN2CCCC(C(=O)N3CCC4(CC3)OCCO4)C2)sc1C. The summed E-state index contributed by atoms with van der Waals surface area (Å²) in [6.07, 6.45) is 3.30. The van der Waals surface area contributed by atoms with Crippen molar-refractivity contribution in [2.45, 2.75) is 45.3 Å². The lowest BCUT2D eigenvalue weighted by atomic mass is 9.94. The van der Waals surface area contributed by atoms with Gasteiger partial charge in [0.25, 0.3) is 0 Å². The maximum Gasteiger partial charge on any atom is 0.240 e. The molecule has 1 spiro atoms. The van der Waals surface area contributed by atoms with Crippen molar-refractivity contribution >= 4 is 28.3 Å².